The molecule has 0 atom stereocenters. The first-order valence-corrected chi connectivity index (χ1v) is 7.06. The van der Waals surface area contributed by atoms with Crippen molar-refractivity contribution in [1.29, 1.82) is 0 Å². The van der Waals surface area contributed by atoms with Crippen LogP contribution in [0, 0.1) is 19.8 Å². The van der Waals surface area contributed by atoms with Gasteiger partial charge in [-0.15, -0.1) is 0 Å². The third-order valence-corrected chi connectivity index (χ3v) is 3.48. The number of amides is 2. The number of nitrogens with one attached hydrogen (secondary N) is 3. The maximum absolute atomic E-state index is 12.1. The fourth-order valence-electron chi connectivity index (χ4n) is 2.22. The highest BCUT2D eigenvalue weighted by Gasteiger charge is 2.11. The number of hydrogen-bond acceptors (Lipinski definition) is 2. The number of carbonyl (C=O) groups is 2. The highest BCUT2D eigenvalue weighted by Crippen LogP contribution is 2.22. The normalized spacial score (nSPS) is 10.9. The molecule has 3 N–H and O–H groups in total. The number of carbonyl (C=O) groups excluding carboxylic acids is 2. The molecule has 0 aliphatic rings. The van der Waals surface area contributed by atoms with Crippen molar-refractivity contribution in [3.05, 3.63) is 35.0 Å². The Balaban J connectivity index is 2.09. The molecule has 2 rings (SSSR count). The molecule has 2 aromatic rings. The van der Waals surface area contributed by atoms with Crippen LogP contribution in [0.4, 0.5) is 0 Å². The summed E-state index contributed by atoms with van der Waals surface area (Å²) in [7, 11) is 0. The molecule has 5 nitrogen and oxygen atoms in total. The van der Waals surface area contributed by atoms with Crippen molar-refractivity contribution >= 4 is 22.7 Å². The maximum atomic E-state index is 12.1. The standard InChI is InChI=1S/C16H21N3O2/c1-9(2)7-15(20)18-19-16(21)12-5-6-14-13(8-12)10(3)11(4)17-14/h5-6,8-9,17H,7H2,1-4H3,(H,18,20)(H,19,21). The molecule has 0 saturated heterocycles. The lowest BCUT2D eigenvalue weighted by molar-refractivity contribution is -0.122. The number of hydrogen-bond donors (Lipinski definition) is 3. The second kappa shape index (κ2) is 5.99. The van der Waals surface area contributed by atoms with Crippen molar-refractivity contribution in [1.82, 2.24) is 15.8 Å². The number of rotatable bonds is 3. The molecule has 0 aliphatic heterocycles. The van der Waals surface area contributed by atoms with Gasteiger partial charge < -0.3 is 4.98 Å². The van der Waals surface area contributed by atoms with Crippen LogP contribution in [-0.2, 0) is 4.79 Å². The van der Waals surface area contributed by atoms with Gasteiger partial charge in [0.05, 0.1) is 0 Å². The van der Waals surface area contributed by atoms with Gasteiger partial charge in [-0.05, 0) is 43.5 Å². The van der Waals surface area contributed by atoms with Gasteiger partial charge in [0.2, 0.25) is 5.91 Å². The van der Waals surface area contributed by atoms with E-state index in [9.17, 15) is 9.59 Å². The molecule has 112 valence electrons. The van der Waals surface area contributed by atoms with Gasteiger partial charge in [-0.25, -0.2) is 0 Å². The topological polar surface area (TPSA) is 74.0 Å². The van der Waals surface area contributed by atoms with Crippen LogP contribution < -0.4 is 10.9 Å². The Labute approximate surface area is 124 Å². The van der Waals surface area contributed by atoms with Gasteiger partial charge in [0, 0.05) is 28.6 Å². The maximum Gasteiger partial charge on any atom is 0.269 e. The summed E-state index contributed by atoms with van der Waals surface area (Å²) in [5, 5.41) is 1.02. The molecule has 2 amide bonds. The summed E-state index contributed by atoms with van der Waals surface area (Å²) in [6.45, 7) is 7.92. The van der Waals surface area contributed by atoms with Crippen LogP contribution in [-0.4, -0.2) is 16.8 Å². The van der Waals surface area contributed by atoms with Crippen molar-refractivity contribution < 1.29 is 9.59 Å². The molecular formula is C16H21N3O2. The van der Waals surface area contributed by atoms with E-state index in [1.807, 2.05) is 39.8 Å². The summed E-state index contributed by atoms with van der Waals surface area (Å²) in [6.07, 6.45) is 0.384. The van der Waals surface area contributed by atoms with E-state index in [-0.39, 0.29) is 17.7 Å². The van der Waals surface area contributed by atoms with Crippen LogP contribution in [0.25, 0.3) is 10.9 Å². The quantitative estimate of drug-likeness (QED) is 0.759. The number of benzene rings is 1. The summed E-state index contributed by atoms with van der Waals surface area (Å²) in [4.78, 5) is 26.9. The van der Waals surface area contributed by atoms with Crippen molar-refractivity contribution in [3.63, 3.8) is 0 Å². The fraction of sp³-hybridized carbons (Fsp3) is 0.375. The van der Waals surface area contributed by atoms with Crippen LogP contribution in [0.15, 0.2) is 18.2 Å². The van der Waals surface area contributed by atoms with E-state index in [1.165, 1.54) is 0 Å². The van der Waals surface area contributed by atoms with Gasteiger partial charge in [-0.2, -0.15) is 0 Å². The van der Waals surface area contributed by atoms with E-state index in [0.717, 1.165) is 22.2 Å². The first-order valence-electron chi connectivity index (χ1n) is 7.06. The van der Waals surface area contributed by atoms with Gasteiger partial charge >= 0.3 is 0 Å². The molecule has 21 heavy (non-hydrogen) atoms. The van der Waals surface area contributed by atoms with Crippen molar-refractivity contribution in [2.75, 3.05) is 0 Å². The summed E-state index contributed by atoms with van der Waals surface area (Å²) < 4.78 is 0. The summed E-state index contributed by atoms with van der Waals surface area (Å²) in [6, 6.07) is 5.44. The smallest absolute Gasteiger partial charge is 0.269 e. The minimum Gasteiger partial charge on any atom is -0.358 e. The fourth-order valence-corrected chi connectivity index (χ4v) is 2.22. The second-order valence-corrected chi connectivity index (χ2v) is 5.74. The third kappa shape index (κ3) is 3.42. The Morgan fingerprint density at radius 1 is 1.19 bits per heavy atom. The lowest BCUT2D eigenvalue weighted by Gasteiger charge is -2.09. The molecular weight excluding hydrogens is 266 g/mol. The van der Waals surface area contributed by atoms with Gasteiger partial charge in [-0.3, -0.25) is 20.4 Å². The molecule has 0 spiro atoms. The lowest BCUT2D eigenvalue weighted by Crippen LogP contribution is -2.41. The Hall–Kier alpha value is -2.30. The Kier molecular flexibility index (Phi) is 4.31. The molecule has 0 fully saturated rings. The Bertz CT molecular complexity index is 686. The predicted molar refractivity (Wildman–Crippen MR) is 82.8 cm³/mol. The SMILES string of the molecule is Cc1[nH]c2ccc(C(=O)NNC(=O)CC(C)C)cc2c1C. The minimum atomic E-state index is -0.313. The lowest BCUT2D eigenvalue weighted by atomic mass is 10.1. The molecule has 1 aromatic heterocycles. The first-order chi connectivity index (χ1) is 9.88. The van der Waals surface area contributed by atoms with Gasteiger partial charge in [0.1, 0.15) is 0 Å². The Morgan fingerprint density at radius 2 is 1.90 bits per heavy atom. The first kappa shape index (κ1) is 15.1. The summed E-state index contributed by atoms with van der Waals surface area (Å²) >= 11 is 0. The van der Waals surface area contributed by atoms with E-state index < -0.39 is 0 Å². The van der Waals surface area contributed by atoms with Crippen LogP contribution in [0.1, 0.15) is 41.9 Å². The monoisotopic (exact) mass is 287 g/mol. The van der Waals surface area contributed by atoms with Crippen molar-refractivity contribution in [3.8, 4) is 0 Å². The zero-order chi connectivity index (χ0) is 15.6. The van der Waals surface area contributed by atoms with E-state index >= 15 is 0 Å². The van der Waals surface area contributed by atoms with Crippen LogP contribution in [0.2, 0.25) is 0 Å². The average molecular weight is 287 g/mol. The summed E-state index contributed by atoms with van der Waals surface area (Å²) in [5.41, 5.74) is 8.63. The molecule has 0 unspecified atom stereocenters. The number of aryl methyl sites for hydroxylation is 2. The zero-order valence-corrected chi connectivity index (χ0v) is 12.8. The predicted octanol–water partition coefficient (Wildman–Crippen LogP) is 2.59. The van der Waals surface area contributed by atoms with E-state index in [2.05, 4.69) is 15.8 Å². The van der Waals surface area contributed by atoms with Gasteiger partial charge in [-0.1, -0.05) is 13.8 Å². The zero-order valence-electron chi connectivity index (χ0n) is 12.8. The Morgan fingerprint density at radius 3 is 2.57 bits per heavy atom. The van der Waals surface area contributed by atoms with Gasteiger partial charge in [0.15, 0.2) is 0 Å². The number of aromatic amines is 1. The largest absolute Gasteiger partial charge is 0.358 e. The number of aromatic nitrogens is 1. The molecule has 5 heteroatoms. The molecule has 0 radical (unpaired) electrons. The van der Waals surface area contributed by atoms with E-state index in [4.69, 9.17) is 0 Å². The minimum absolute atomic E-state index is 0.187. The van der Waals surface area contributed by atoms with Gasteiger partial charge in [0.25, 0.3) is 5.91 Å². The highest BCUT2D eigenvalue weighted by atomic mass is 16.2. The van der Waals surface area contributed by atoms with Crippen LogP contribution in [0.3, 0.4) is 0 Å². The number of H-pyrrole nitrogens is 1. The van der Waals surface area contributed by atoms with Crippen LogP contribution in [0.5, 0.6) is 0 Å². The third-order valence-electron chi connectivity index (χ3n) is 3.48. The van der Waals surface area contributed by atoms with E-state index in [1.54, 1.807) is 6.07 Å². The van der Waals surface area contributed by atoms with E-state index in [0.29, 0.717) is 12.0 Å². The molecule has 1 aromatic carbocycles. The number of hydrazine groups is 1. The highest BCUT2D eigenvalue weighted by molar-refractivity contribution is 5.99. The average Bonchev–Trinajstić information content (AvgIpc) is 2.70. The molecule has 0 bridgehead atoms. The second-order valence-electron chi connectivity index (χ2n) is 5.74. The summed E-state index contributed by atoms with van der Waals surface area (Å²) in [5.74, 6) is -0.246. The van der Waals surface area contributed by atoms with Crippen LogP contribution >= 0.6 is 0 Å². The molecule has 0 aliphatic carbocycles. The molecule has 0 saturated carbocycles. The van der Waals surface area contributed by atoms with Crippen molar-refractivity contribution in [2.45, 2.75) is 34.1 Å². The number of fused-ring (bicyclic) bond motifs is 1. The molecule has 1 heterocycles. The van der Waals surface area contributed by atoms with Crippen molar-refractivity contribution in [2.24, 2.45) is 5.92 Å².